The fraction of sp³-hybridized carbons (Fsp3) is 0.125. The Morgan fingerprint density at radius 2 is 1.97 bits per heavy atom. The molecule has 5 rings (SSSR count). The fourth-order valence-corrected chi connectivity index (χ4v) is 4.86. The van der Waals surface area contributed by atoms with Crippen LogP contribution in [0.15, 0.2) is 76.3 Å². The highest BCUT2D eigenvalue weighted by molar-refractivity contribution is 7.13. The zero-order valence-corrected chi connectivity index (χ0v) is 19.8. The number of halogens is 2. The average Bonchev–Trinajstić information content (AvgIpc) is 3.49. The average molecular weight is 497 g/mol. The summed E-state index contributed by atoms with van der Waals surface area (Å²) in [4.78, 5) is 20.4. The minimum atomic E-state index is -0.504. The second kappa shape index (κ2) is 9.02. The minimum Gasteiger partial charge on any atom is -0.334 e. The second-order valence-corrected chi connectivity index (χ2v) is 9.31. The van der Waals surface area contributed by atoms with Gasteiger partial charge in [-0.05, 0) is 47.7 Å². The molecule has 2 amide bonds. The maximum atomic E-state index is 13.2. The molecule has 0 radical (unpaired) electrons. The van der Waals surface area contributed by atoms with Gasteiger partial charge in [-0.3, -0.25) is 4.90 Å². The van der Waals surface area contributed by atoms with Gasteiger partial charge in [-0.1, -0.05) is 64.8 Å². The zero-order chi connectivity index (χ0) is 22.9. The predicted molar refractivity (Wildman–Crippen MR) is 130 cm³/mol. The van der Waals surface area contributed by atoms with Gasteiger partial charge in [0.05, 0.1) is 23.0 Å². The number of rotatable bonds is 5. The molecule has 4 aromatic rings. The summed E-state index contributed by atoms with van der Waals surface area (Å²) in [5.41, 5.74) is 3.06. The molecule has 0 fully saturated rings. The lowest BCUT2D eigenvalue weighted by atomic mass is 9.94. The summed E-state index contributed by atoms with van der Waals surface area (Å²) in [6, 6.07) is 17.9. The highest BCUT2D eigenvalue weighted by Gasteiger charge is 2.36. The number of benzene rings is 2. The number of allylic oxidation sites excluding steroid dienone is 1. The molecule has 2 aromatic carbocycles. The van der Waals surface area contributed by atoms with E-state index in [0.29, 0.717) is 39.6 Å². The molecule has 0 aliphatic carbocycles. The number of aromatic nitrogens is 2. The van der Waals surface area contributed by atoms with E-state index in [9.17, 15) is 4.79 Å². The van der Waals surface area contributed by atoms with Crippen LogP contribution in [0, 0.1) is 0 Å². The Morgan fingerprint density at radius 3 is 2.73 bits per heavy atom. The van der Waals surface area contributed by atoms with Crippen molar-refractivity contribution in [1.82, 2.24) is 20.4 Å². The Labute approximate surface area is 204 Å². The number of nitrogens with one attached hydrogen (secondary N) is 1. The lowest BCUT2D eigenvalue weighted by Gasteiger charge is -2.35. The SMILES string of the molecule is CC1=C(c2nc(-c3cccs3)no2)C(c2cccc(Cl)c2)NC(=O)N1Cc1ccccc1Cl. The number of amides is 2. The van der Waals surface area contributed by atoms with Gasteiger partial charge in [0.2, 0.25) is 5.82 Å². The van der Waals surface area contributed by atoms with E-state index in [0.717, 1.165) is 16.0 Å². The highest BCUT2D eigenvalue weighted by Crippen LogP contribution is 2.39. The Hall–Kier alpha value is -3.13. The number of hydrogen-bond donors (Lipinski definition) is 1. The van der Waals surface area contributed by atoms with Crippen LogP contribution in [0.2, 0.25) is 10.0 Å². The summed E-state index contributed by atoms with van der Waals surface area (Å²) < 4.78 is 5.69. The Bertz CT molecular complexity index is 1350. The third kappa shape index (κ3) is 4.27. The molecule has 0 bridgehead atoms. The molecule has 1 atom stereocenters. The van der Waals surface area contributed by atoms with E-state index in [-0.39, 0.29) is 6.03 Å². The molecule has 1 unspecified atom stereocenters. The third-order valence-corrected chi connectivity index (χ3v) is 6.93. The summed E-state index contributed by atoms with van der Waals surface area (Å²) in [5.74, 6) is 0.838. The van der Waals surface area contributed by atoms with Crippen LogP contribution in [-0.4, -0.2) is 21.1 Å². The number of carbonyl (C=O) groups is 1. The molecule has 2 aromatic heterocycles. The Kier molecular flexibility index (Phi) is 5.93. The van der Waals surface area contributed by atoms with Crippen LogP contribution in [0.5, 0.6) is 0 Å². The van der Waals surface area contributed by atoms with Crippen LogP contribution in [0.3, 0.4) is 0 Å². The van der Waals surface area contributed by atoms with Crippen LogP contribution in [0.4, 0.5) is 4.79 Å². The first-order chi connectivity index (χ1) is 16.0. The third-order valence-electron chi connectivity index (χ3n) is 5.46. The van der Waals surface area contributed by atoms with Crippen molar-refractivity contribution in [2.75, 3.05) is 0 Å². The highest BCUT2D eigenvalue weighted by atomic mass is 35.5. The molecule has 1 aliphatic rings. The van der Waals surface area contributed by atoms with Gasteiger partial charge >= 0.3 is 6.03 Å². The van der Waals surface area contributed by atoms with Crippen molar-refractivity contribution in [2.24, 2.45) is 0 Å². The van der Waals surface area contributed by atoms with E-state index in [1.807, 2.05) is 60.8 Å². The molecular weight excluding hydrogens is 479 g/mol. The fourth-order valence-electron chi connectivity index (χ4n) is 3.82. The maximum Gasteiger partial charge on any atom is 0.322 e. The second-order valence-electron chi connectivity index (χ2n) is 7.51. The van der Waals surface area contributed by atoms with Gasteiger partial charge in [0, 0.05) is 15.7 Å². The van der Waals surface area contributed by atoms with Crippen molar-refractivity contribution in [1.29, 1.82) is 0 Å². The number of thiophene rings is 1. The van der Waals surface area contributed by atoms with Crippen LogP contribution < -0.4 is 5.32 Å². The normalized spacial score (nSPS) is 16.3. The zero-order valence-electron chi connectivity index (χ0n) is 17.5. The lowest BCUT2D eigenvalue weighted by Crippen LogP contribution is -2.45. The summed E-state index contributed by atoms with van der Waals surface area (Å²) in [7, 11) is 0. The maximum absolute atomic E-state index is 13.2. The summed E-state index contributed by atoms with van der Waals surface area (Å²) >= 11 is 14.1. The van der Waals surface area contributed by atoms with Crippen molar-refractivity contribution in [3.63, 3.8) is 0 Å². The lowest BCUT2D eigenvalue weighted by molar-refractivity contribution is 0.203. The first-order valence-electron chi connectivity index (χ1n) is 10.2. The summed E-state index contributed by atoms with van der Waals surface area (Å²) in [5, 5.41) is 10.4. The largest absolute Gasteiger partial charge is 0.334 e. The van der Waals surface area contributed by atoms with Gasteiger partial charge in [-0.2, -0.15) is 4.98 Å². The van der Waals surface area contributed by atoms with Gasteiger partial charge in [0.1, 0.15) is 0 Å². The molecule has 0 saturated heterocycles. The smallest absolute Gasteiger partial charge is 0.322 e. The van der Waals surface area contributed by atoms with E-state index in [1.54, 1.807) is 17.0 Å². The molecule has 6 nitrogen and oxygen atoms in total. The minimum absolute atomic E-state index is 0.251. The molecular formula is C24H18Cl2N4O2S. The van der Waals surface area contributed by atoms with Crippen LogP contribution in [-0.2, 0) is 6.54 Å². The first kappa shape index (κ1) is 21.7. The van der Waals surface area contributed by atoms with E-state index < -0.39 is 6.04 Å². The van der Waals surface area contributed by atoms with Crippen molar-refractivity contribution >= 4 is 46.1 Å². The standard InChI is InChI=1S/C24H18Cl2N4O2S/c1-14-20(23-28-22(29-32-23)19-10-5-11-33-19)21(15-7-4-8-17(25)12-15)27-24(31)30(14)13-16-6-2-3-9-18(16)26/h2-12,21H,13H2,1H3,(H,27,31). The summed E-state index contributed by atoms with van der Waals surface area (Å²) in [6.07, 6.45) is 0. The molecule has 1 N–H and O–H groups in total. The van der Waals surface area contributed by atoms with Gasteiger partial charge in [-0.15, -0.1) is 11.3 Å². The molecule has 3 heterocycles. The van der Waals surface area contributed by atoms with Gasteiger partial charge in [-0.25, -0.2) is 4.79 Å². The number of carbonyl (C=O) groups excluding carboxylic acids is 1. The summed E-state index contributed by atoms with van der Waals surface area (Å²) in [6.45, 7) is 2.17. The van der Waals surface area contributed by atoms with Crippen molar-refractivity contribution < 1.29 is 9.32 Å². The topological polar surface area (TPSA) is 71.3 Å². The first-order valence-corrected chi connectivity index (χ1v) is 11.8. The van der Waals surface area contributed by atoms with E-state index in [1.165, 1.54) is 11.3 Å². The molecule has 33 heavy (non-hydrogen) atoms. The Morgan fingerprint density at radius 1 is 1.12 bits per heavy atom. The Balaban J connectivity index is 1.62. The van der Waals surface area contributed by atoms with Gasteiger partial charge in [0.15, 0.2) is 0 Å². The van der Waals surface area contributed by atoms with E-state index in [4.69, 9.17) is 27.7 Å². The predicted octanol–water partition coefficient (Wildman–Crippen LogP) is 6.80. The van der Waals surface area contributed by atoms with Gasteiger partial charge < -0.3 is 9.84 Å². The molecule has 9 heteroatoms. The van der Waals surface area contributed by atoms with E-state index >= 15 is 0 Å². The molecule has 1 aliphatic heterocycles. The van der Waals surface area contributed by atoms with Crippen LogP contribution in [0.25, 0.3) is 16.3 Å². The van der Waals surface area contributed by atoms with Crippen molar-refractivity contribution in [2.45, 2.75) is 19.5 Å². The number of hydrogen-bond acceptors (Lipinski definition) is 5. The van der Waals surface area contributed by atoms with E-state index in [2.05, 4.69) is 15.5 Å². The molecule has 0 saturated carbocycles. The van der Waals surface area contributed by atoms with Gasteiger partial charge in [0.25, 0.3) is 5.89 Å². The molecule has 0 spiro atoms. The van der Waals surface area contributed by atoms with Crippen molar-refractivity contribution in [3.8, 4) is 10.7 Å². The van der Waals surface area contributed by atoms with Crippen LogP contribution >= 0.6 is 34.5 Å². The number of urea groups is 1. The van der Waals surface area contributed by atoms with Crippen LogP contribution in [0.1, 0.15) is 30.0 Å². The van der Waals surface area contributed by atoms with Crippen molar-refractivity contribution in [3.05, 3.63) is 98.8 Å². The quantitative estimate of drug-likeness (QED) is 0.329. The number of nitrogens with zero attached hydrogens (tertiary/aromatic N) is 3. The molecule has 166 valence electrons. The monoisotopic (exact) mass is 496 g/mol.